The Morgan fingerprint density at radius 2 is 1.88 bits per heavy atom. The number of hydrogen-bond donors (Lipinski definition) is 3. The minimum atomic E-state index is -0.419. The summed E-state index contributed by atoms with van der Waals surface area (Å²) in [4.78, 5) is 28.8. The molecule has 1 aliphatic rings. The third-order valence-corrected chi connectivity index (χ3v) is 6.43. The number of ether oxygens (including phenoxy) is 1. The normalized spacial score (nSPS) is 12.0. The molecular formula is C21H19BrN6O3S. The van der Waals surface area contributed by atoms with Crippen molar-refractivity contribution >= 4 is 54.9 Å². The first-order valence-corrected chi connectivity index (χ1v) is 10.8. The number of nitrogen functional groups attached to an aromatic ring is 2. The quantitative estimate of drug-likeness (QED) is 0.354. The fourth-order valence-electron chi connectivity index (χ4n) is 2.97. The van der Waals surface area contributed by atoms with Gasteiger partial charge in [-0.3, -0.25) is 14.5 Å². The number of hydrogen-bond acceptors (Lipinski definition) is 9. The molecule has 0 unspecified atom stereocenters. The molecule has 0 spiro atoms. The third-order valence-electron chi connectivity index (χ3n) is 4.71. The molecule has 11 heteroatoms. The maximum Gasteiger partial charge on any atom is 0.262 e. The number of aromatic nitrogens is 1. The van der Waals surface area contributed by atoms with Crippen molar-refractivity contribution in [2.75, 3.05) is 38.0 Å². The van der Waals surface area contributed by atoms with E-state index in [9.17, 15) is 9.59 Å². The Kier molecular flexibility index (Phi) is 6.67. The molecule has 32 heavy (non-hydrogen) atoms. The molecular weight excluding hydrogens is 496 g/mol. The summed E-state index contributed by atoms with van der Waals surface area (Å²) in [6, 6.07) is 10.9. The van der Waals surface area contributed by atoms with Gasteiger partial charge in [0.15, 0.2) is 5.13 Å². The van der Waals surface area contributed by atoms with Gasteiger partial charge in [0.05, 0.1) is 34.0 Å². The second kappa shape index (κ2) is 9.25. The number of rotatable bonds is 3. The van der Waals surface area contributed by atoms with Crippen molar-refractivity contribution in [3.63, 3.8) is 0 Å². The number of nitrogens with one attached hydrogen (secondary N) is 1. The monoisotopic (exact) mass is 514 g/mol. The van der Waals surface area contributed by atoms with Crippen molar-refractivity contribution in [3.05, 3.63) is 51.5 Å². The number of methoxy groups -OCH3 is 1. The standard InChI is InChI=1S/C11H13N3OS.C10H6BrN3O2/c1-13-11-14-9(10(12)16-11)7-3-5-8(15-2)6-4-7;1-14-9(15)5-2-4(3-12)8(13)7(11)6(5)10(14)16/h3-6H,12H2,1-2H3,(H,13,14);2H,13H2,1H3. The van der Waals surface area contributed by atoms with Crippen LogP contribution in [0.3, 0.4) is 0 Å². The summed E-state index contributed by atoms with van der Waals surface area (Å²) >= 11 is 4.59. The summed E-state index contributed by atoms with van der Waals surface area (Å²) in [5.41, 5.74) is 14.2. The zero-order valence-electron chi connectivity index (χ0n) is 17.4. The van der Waals surface area contributed by atoms with Crippen LogP contribution < -0.4 is 21.5 Å². The Bertz CT molecular complexity index is 1250. The number of anilines is 3. The molecule has 4 rings (SSSR count). The van der Waals surface area contributed by atoms with Crippen LogP contribution in [0.1, 0.15) is 26.3 Å². The van der Waals surface area contributed by atoms with E-state index in [0.717, 1.165) is 32.0 Å². The zero-order chi connectivity index (χ0) is 23.6. The van der Waals surface area contributed by atoms with Crippen molar-refractivity contribution < 1.29 is 14.3 Å². The number of imide groups is 1. The number of nitrogens with zero attached hydrogens (tertiary/aromatic N) is 3. The highest BCUT2D eigenvalue weighted by molar-refractivity contribution is 9.10. The van der Waals surface area contributed by atoms with E-state index >= 15 is 0 Å². The van der Waals surface area contributed by atoms with E-state index in [1.165, 1.54) is 24.5 Å². The van der Waals surface area contributed by atoms with Gasteiger partial charge < -0.3 is 21.5 Å². The maximum absolute atomic E-state index is 11.7. The van der Waals surface area contributed by atoms with E-state index in [0.29, 0.717) is 4.47 Å². The van der Waals surface area contributed by atoms with E-state index < -0.39 is 11.8 Å². The van der Waals surface area contributed by atoms with Crippen LogP contribution in [-0.4, -0.2) is 42.9 Å². The Hall–Kier alpha value is -3.62. The third kappa shape index (κ3) is 4.10. The number of amides is 2. The van der Waals surface area contributed by atoms with Crippen LogP contribution in [0.4, 0.5) is 15.8 Å². The van der Waals surface area contributed by atoms with Crippen LogP contribution in [0.15, 0.2) is 34.8 Å². The fraction of sp³-hybridized carbons (Fsp3) is 0.143. The summed E-state index contributed by atoms with van der Waals surface area (Å²) < 4.78 is 5.41. The SMILES string of the molecule is CN1C(=O)c2cc(C#N)c(N)c(Br)c2C1=O.CNc1nc(-c2ccc(OC)cc2)c(N)s1. The topological polar surface area (TPSA) is 147 Å². The van der Waals surface area contributed by atoms with Crippen LogP contribution >= 0.6 is 27.3 Å². The first-order valence-electron chi connectivity index (χ1n) is 9.16. The summed E-state index contributed by atoms with van der Waals surface area (Å²) in [6.45, 7) is 0. The molecule has 1 aromatic heterocycles. The molecule has 0 radical (unpaired) electrons. The lowest BCUT2D eigenvalue weighted by Gasteiger charge is -2.04. The van der Waals surface area contributed by atoms with E-state index in [1.807, 2.05) is 37.4 Å². The van der Waals surface area contributed by atoms with Crippen LogP contribution in [0.25, 0.3) is 11.3 Å². The Labute approximate surface area is 196 Å². The van der Waals surface area contributed by atoms with Crippen molar-refractivity contribution in [3.8, 4) is 23.1 Å². The fourth-order valence-corrected chi connectivity index (χ4v) is 4.28. The Morgan fingerprint density at radius 3 is 2.41 bits per heavy atom. The first kappa shape index (κ1) is 23.1. The van der Waals surface area contributed by atoms with E-state index in [1.54, 1.807) is 7.11 Å². The molecule has 2 amide bonds. The van der Waals surface area contributed by atoms with Gasteiger partial charge in [-0.25, -0.2) is 4.98 Å². The van der Waals surface area contributed by atoms with E-state index in [-0.39, 0.29) is 22.4 Å². The van der Waals surface area contributed by atoms with Gasteiger partial charge in [0.1, 0.15) is 22.5 Å². The van der Waals surface area contributed by atoms with Crippen molar-refractivity contribution in [2.45, 2.75) is 0 Å². The van der Waals surface area contributed by atoms with Crippen molar-refractivity contribution in [1.29, 1.82) is 5.26 Å². The molecule has 9 nitrogen and oxygen atoms in total. The van der Waals surface area contributed by atoms with Gasteiger partial charge in [0.2, 0.25) is 0 Å². The molecule has 0 bridgehead atoms. The molecule has 0 saturated carbocycles. The van der Waals surface area contributed by atoms with Gasteiger partial charge in [-0.2, -0.15) is 5.26 Å². The number of benzene rings is 2. The molecule has 3 aromatic rings. The minimum absolute atomic E-state index is 0.178. The average Bonchev–Trinajstić information content (AvgIpc) is 3.29. The highest BCUT2D eigenvalue weighted by Crippen LogP contribution is 2.35. The summed E-state index contributed by atoms with van der Waals surface area (Å²) in [5.74, 6) is -0.00773. The molecule has 2 heterocycles. The van der Waals surface area contributed by atoms with E-state index in [4.69, 9.17) is 21.5 Å². The lowest BCUT2D eigenvalue weighted by molar-refractivity contribution is 0.0693. The molecule has 164 valence electrons. The second-order valence-corrected chi connectivity index (χ2v) is 8.39. The number of fused-ring (bicyclic) bond motifs is 1. The molecule has 0 aliphatic carbocycles. The number of thiazole rings is 1. The lowest BCUT2D eigenvalue weighted by atomic mass is 10.0. The smallest absolute Gasteiger partial charge is 0.262 e. The Morgan fingerprint density at radius 1 is 1.22 bits per heavy atom. The van der Waals surface area contributed by atoms with Gasteiger partial charge in [-0.15, -0.1) is 0 Å². The predicted molar refractivity (Wildman–Crippen MR) is 128 cm³/mol. The highest BCUT2D eigenvalue weighted by Gasteiger charge is 2.36. The molecule has 0 atom stereocenters. The number of halogens is 1. The van der Waals surface area contributed by atoms with Crippen LogP contribution in [0.5, 0.6) is 5.75 Å². The summed E-state index contributed by atoms with van der Waals surface area (Å²) in [5, 5.41) is 13.4. The molecule has 5 N–H and O–H groups in total. The average molecular weight is 515 g/mol. The largest absolute Gasteiger partial charge is 0.497 e. The van der Waals surface area contributed by atoms with Crippen LogP contribution in [-0.2, 0) is 0 Å². The number of nitriles is 1. The highest BCUT2D eigenvalue weighted by atomic mass is 79.9. The van der Waals surface area contributed by atoms with Gasteiger partial charge >= 0.3 is 0 Å². The van der Waals surface area contributed by atoms with Crippen LogP contribution in [0, 0.1) is 11.3 Å². The van der Waals surface area contributed by atoms with E-state index in [2.05, 4.69) is 26.2 Å². The predicted octanol–water partition coefficient (Wildman–Crippen LogP) is 3.57. The molecule has 2 aromatic carbocycles. The molecule has 1 aliphatic heterocycles. The number of nitrogens with two attached hydrogens (primary N) is 2. The van der Waals surface area contributed by atoms with Crippen molar-refractivity contribution in [1.82, 2.24) is 9.88 Å². The lowest BCUT2D eigenvalue weighted by Crippen LogP contribution is -2.24. The minimum Gasteiger partial charge on any atom is -0.497 e. The summed E-state index contributed by atoms with van der Waals surface area (Å²) in [6.07, 6.45) is 0. The zero-order valence-corrected chi connectivity index (χ0v) is 19.8. The number of carbonyl (C=O) groups is 2. The van der Waals surface area contributed by atoms with Gasteiger partial charge in [-0.05, 0) is 46.3 Å². The molecule has 0 fully saturated rings. The van der Waals surface area contributed by atoms with Gasteiger partial charge in [0, 0.05) is 19.7 Å². The molecule has 0 saturated heterocycles. The Balaban J connectivity index is 0.000000181. The summed E-state index contributed by atoms with van der Waals surface area (Å²) in [7, 11) is 4.86. The number of carbonyl (C=O) groups excluding carboxylic acids is 2. The first-order chi connectivity index (χ1) is 15.2. The van der Waals surface area contributed by atoms with Crippen LogP contribution in [0.2, 0.25) is 0 Å². The maximum atomic E-state index is 11.7. The second-order valence-electron chi connectivity index (χ2n) is 6.57. The van der Waals surface area contributed by atoms with Gasteiger partial charge in [0.25, 0.3) is 11.8 Å². The van der Waals surface area contributed by atoms with Gasteiger partial charge in [-0.1, -0.05) is 11.3 Å². The van der Waals surface area contributed by atoms with Crippen molar-refractivity contribution in [2.24, 2.45) is 0 Å².